The van der Waals surface area contributed by atoms with Crippen molar-refractivity contribution in [1.82, 2.24) is 9.97 Å². The number of anilines is 1. The molecule has 0 atom stereocenters. The van der Waals surface area contributed by atoms with Gasteiger partial charge in [0.15, 0.2) is 5.82 Å². The van der Waals surface area contributed by atoms with E-state index in [2.05, 4.69) is 15.9 Å². The molecule has 1 rings (SSSR count). The quantitative estimate of drug-likeness (QED) is 0.743. The normalized spacial score (nSPS) is 11.0. The molecule has 0 spiro atoms. The maximum atomic E-state index is 5.45. The maximum Gasteiger partial charge on any atom is 0.155 e. The molecule has 0 bridgehead atoms. The third-order valence-corrected chi connectivity index (χ3v) is 2.14. The summed E-state index contributed by atoms with van der Waals surface area (Å²) in [6.45, 7) is 3.88. The van der Waals surface area contributed by atoms with Crippen LogP contribution < -0.4 is 4.90 Å². The van der Waals surface area contributed by atoms with E-state index in [0.717, 1.165) is 17.2 Å². The molecule has 17 heavy (non-hydrogen) atoms. The predicted molar refractivity (Wildman–Crippen MR) is 73.7 cm³/mol. The highest BCUT2D eigenvalue weighted by atomic mass is 15.2. The minimum absolute atomic E-state index is 0.569. The van der Waals surface area contributed by atoms with Crippen LogP contribution in [0.4, 0.5) is 5.82 Å². The Kier molecular flexibility index (Phi) is 4.47. The highest BCUT2D eigenvalue weighted by Gasteiger charge is 2.10. The summed E-state index contributed by atoms with van der Waals surface area (Å²) >= 11 is 0. The molecule has 88 valence electrons. The summed E-state index contributed by atoms with van der Waals surface area (Å²) in [5.74, 6) is 3.35. The lowest BCUT2D eigenvalue weighted by Gasteiger charge is -2.15. The van der Waals surface area contributed by atoms with E-state index in [1.807, 2.05) is 57.1 Å². The Morgan fingerprint density at radius 2 is 1.65 bits per heavy atom. The van der Waals surface area contributed by atoms with Gasteiger partial charge in [0.25, 0.3) is 0 Å². The highest BCUT2D eigenvalue weighted by Crippen LogP contribution is 2.18. The first-order chi connectivity index (χ1) is 8.13. The summed E-state index contributed by atoms with van der Waals surface area (Å²) < 4.78 is 0. The average molecular weight is 227 g/mol. The Bertz CT molecular complexity index is 491. The monoisotopic (exact) mass is 227 g/mol. The first-order valence-corrected chi connectivity index (χ1v) is 5.45. The van der Waals surface area contributed by atoms with Crippen molar-refractivity contribution in [3.05, 3.63) is 29.2 Å². The lowest BCUT2D eigenvalue weighted by atomic mass is 10.2. The predicted octanol–water partition coefficient (Wildman–Crippen LogP) is 2.59. The van der Waals surface area contributed by atoms with Crippen LogP contribution in [0.5, 0.6) is 0 Å². The third-order valence-electron chi connectivity index (χ3n) is 2.14. The van der Waals surface area contributed by atoms with Crippen molar-refractivity contribution in [2.45, 2.75) is 13.8 Å². The summed E-state index contributed by atoms with van der Waals surface area (Å²) in [5.41, 5.74) is 2.12. The van der Waals surface area contributed by atoms with E-state index >= 15 is 0 Å². The number of hydrogen-bond donors (Lipinski definition) is 0. The van der Waals surface area contributed by atoms with E-state index in [1.54, 1.807) is 0 Å². The van der Waals surface area contributed by atoms with Crippen LogP contribution in [0.2, 0.25) is 0 Å². The molecule has 0 saturated carbocycles. The van der Waals surface area contributed by atoms with Crippen LogP contribution in [-0.4, -0.2) is 24.1 Å². The minimum atomic E-state index is 0.569. The van der Waals surface area contributed by atoms with Crippen molar-refractivity contribution in [2.24, 2.45) is 0 Å². The topological polar surface area (TPSA) is 29.0 Å². The maximum absolute atomic E-state index is 5.45. The van der Waals surface area contributed by atoms with Crippen LogP contribution in [0.15, 0.2) is 12.2 Å². The molecule has 0 unspecified atom stereocenters. The second-order valence-corrected chi connectivity index (χ2v) is 3.71. The molecule has 0 radical (unpaired) electrons. The van der Waals surface area contributed by atoms with Gasteiger partial charge in [-0.2, -0.15) is 0 Å². The second-order valence-electron chi connectivity index (χ2n) is 3.71. The van der Waals surface area contributed by atoms with Crippen molar-refractivity contribution in [3.8, 4) is 12.3 Å². The molecule has 0 amide bonds. The van der Waals surface area contributed by atoms with Gasteiger partial charge in [0.2, 0.25) is 0 Å². The van der Waals surface area contributed by atoms with Gasteiger partial charge in [-0.25, -0.2) is 9.97 Å². The third kappa shape index (κ3) is 2.94. The Hall–Kier alpha value is -2.08. The number of terminal acetylenes is 1. The summed E-state index contributed by atoms with van der Waals surface area (Å²) in [6.07, 6.45) is 13.1. The second kappa shape index (κ2) is 5.86. The molecular formula is C14H17N3. The first kappa shape index (κ1) is 13.0. The Morgan fingerprint density at radius 3 is 2.12 bits per heavy atom. The van der Waals surface area contributed by atoms with Crippen molar-refractivity contribution in [1.29, 1.82) is 0 Å². The lowest BCUT2D eigenvalue weighted by molar-refractivity contribution is 1.02. The fraction of sp³-hybridized carbons (Fsp3) is 0.286. The molecular weight excluding hydrogens is 210 g/mol. The van der Waals surface area contributed by atoms with Crippen LogP contribution in [0.25, 0.3) is 12.2 Å². The summed E-state index contributed by atoms with van der Waals surface area (Å²) in [5, 5.41) is 0. The van der Waals surface area contributed by atoms with Gasteiger partial charge in [-0.1, -0.05) is 12.2 Å². The SMILES string of the molecule is C#Cc1nc(N(C)C)c(C=CC)nc1C=CC. The van der Waals surface area contributed by atoms with E-state index in [4.69, 9.17) is 6.42 Å². The lowest BCUT2D eigenvalue weighted by Crippen LogP contribution is -2.14. The van der Waals surface area contributed by atoms with Crippen LogP contribution in [0.3, 0.4) is 0 Å². The number of aromatic nitrogens is 2. The molecule has 3 nitrogen and oxygen atoms in total. The van der Waals surface area contributed by atoms with E-state index in [9.17, 15) is 0 Å². The Labute approximate surface area is 103 Å². The largest absolute Gasteiger partial charge is 0.361 e. The van der Waals surface area contributed by atoms with Gasteiger partial charge in [-0.05, 0) is 31.9 Å². The van der Waals surface area contributed by atoms with Gasteiger partial charge in [0.1, 0.15) is 11.4 Å². The van der Waals surface area contributed by atoms with Crippen LogP contribution in [-0.2, 0) is 0 Å². The number of nitrogens with zero attached hydrogens (tertiary/aromatic N) is 3. The summed E-state index contributed by atoms with van der Waals surface area (Å²) in [4.78, 5) is 10.9. The van der Waals surface area contributed by atoms with E-state index in [0.29, 0.717) is 5.69 Å². The van der Waals surface area contributed by atoms with Crippen LogP contribution in [0, 0.1) is 12.3 Å². The fourth-order valence-electron chi connectivity index (χ4n) is 1.43. The van der Waals surface area contributed by atoms with Crippen molar-refractivity contribution >= 4 is 18.0 Å². The molecule has 3 heteroatoms. The van der Waals surface area contributed by atoms with Crippen LogP contribution >= 0.6 is 0 Å². The van der Waals surface area contributed by atoms with E-state index in [1.165, 1.54) is 0 Å². The van der Waals surface area contributed by atoms with Crippen molar-refractivity contribution in [2.75, 3.05) is 19.0 Å². The zero-order valence-corrected chi connectivity index (χ0v) is 10.7. The summed E-state index contributed by atoms with van der Waals surface area (Å²) in [6, 6.07) is 0. The van der Waals surface area contributed by atoms with E-state index < -0.39 is 0 Å². The molecule has 1 aromatic rings. The molecule has 1 aromatic heterocycles. The smallest absolute Gasteiger partial charge is 0.155 e. The molecule has 0 fully saturated rings. The van der Waals surface area contributed by atoms with Gasteiger partial charge in [-0.15, -0.1) is 6.42 Å². The molecule has 1 heterocycles. The molecule has 0 N–H and O–H groups in total. The zero-order valence-electron chi connectivity index (χ0n) is 10.7. The average Bonchev–Trinajstić information content (AvgIpc) is 2.30. The van der Waals surface area contributed by atoms with E-state index in [-0.39, 0.29) is 0 Å². The van der Waals surface area contributed by atoms with Gasteiger partial charge >= 0.3 is 0 Å². The minimum Gasteiger partial charge on any atom is -0.361 e. The van der Waals surface area contributed by atoms with Gasteiger partial charge in [0.05, 0.1) is 5.69 Å². The zero-order chi connectivity index (χ0) is 12.8. The van der Waals surface area contributed by atoms with Gasteiger partial charge in [-0.3, -0.25) is 0 Å². The van der Waals surface area contributed by atoms with Crippen molar-refractivity contribution in [3.63, 3.8) is 0 Å². The molecule has 0 aliphatic rings. The number of rotatable bonds is 3. The van der Waals surface area contributed by atoms with Crippen molar-refractivity contribution < 1.29 is 0 Å². The molecule has 0 aliphatic heterocycles. The number of allylic oxidation sites excluding steroid dienone is 2. The standard InChI is InChI=1S/C14H17N3/c1-6-9-12-11(8-3)16-14(17(4)5)13(15-12)10-7-2/h3,6-7,9-10H,1-2,4-5H3. The highest BCUT2D eigenvalue weighted by molar-refractivity contribution is 5.64. The summed E-state index contributed by atoms with van der Waals surface area (Å²) in [7, 11) is 3.85. The number of hydrogen-bond acceptors (Lipinski definition) is 3. The van der Waals surface area contributed by atoms with Crippen LogP contribution in [0.1, 0.15) is 30.9 Å². The molecule has 0 aromatic carbocycles. The first-order valence-electron chi connectivity index (χ1n) is 5.45. The molecule has 0 saturated heterocycles. The Balaban J connectivity index is 3.48. The van der Waals surface area contributed by atoms with Gasteiger partial charge < -0.3 is 4.90 Å². The fourth-order valence-corrected chi connectivity index (χ4v) is 1.43. The Morgan fingerprint density at radius 1 is 1.06 bits per heavy atom. The molecule has 0 aliphatic carbocycles. The van der Waals surface area contributed by atoms with Gasteiger partial charge in [0, 0.05) is 14.1 Å².